The van der Waals surface area contributed by atoms with Crippen LogP contribution in [0.5, 0.6) is 0 Å². The monoisotopic (exact) mass is 181 g/mol. The van der Waals surface area contributed by atoms with Crippen LogP contribution < -0.4 is 0 Å². The Morgan fingerprint density at radius 2 is 1.92 bits per heavy atom. The summed E-state index contributed by atoms with van der Waals surface area (Å²) in [6, 6.07) is 0. The van der Waals surface area contributed by atoms with E-state index in [0.717, 1.165) is 0 Å². The number of ether oxygens (including phenoxy) is 1. The second-order valence-corrected chi connectivity index (χ2v) is 2.82. The van der Waals surface area contributed by atoms with Crippen LogP contribution >= 0.6 is 0 Å². The third-order valence-corrected chi connectivity index (χ3v) is 1.91. The molecule has 1 saturated heterocycles. The quantitative estimate of drug-likeness (QED) is 0.272. The van der Waals surface area contributed by atoms with E-state index < -0.39 is 30.7 Å². The lowest BCUT2D eigenvalue weighted by Gasteiger charge is -2.40. The molecule has 0 spiro atoms. The van der Waals surface area contributed by atoms with Gasteiger partial charge in [-0.25, -0.2) is 0 Å². The molecule has 0 aliphatic carbocycles. The fourth-order valence-corrected chi connectivity index (χ4v) is 1.03. The van der Waals surface area contributed by atoms with Crippen molar-refractivity contribution in [2.45, 2.75) is 24.1 Å². The van der Waals surface area contributed by atoms with E-state index in [-0.39, 0.29) is 6.61 Å². The molecule has 72 valence electrons. The second-order valence-electron chi connectivity index (χ2n) is 2.82. The minimum absolute atomic E-state index is 0.324. The lowest BCUT2D eigenvalue weighted by molar-refractivity contribution is -0.331. The van der Waals surface area contributed by atoms with Gasteiger partial charge in [0.2, 0.25) is 5.79 Å². The summed E-state index contributed by atoms with van der Waals surface area (Å²) in [4.78, 5) is 0. The van der Waals surface area contributed by atoms with Gasteiger partial charge in [-0.1, -0.05) is 0 Å². The maximum atomic E-state index is 9.24. The molecule has 1 aliphatic heterocycles. The number of hydrogen-bond donors (Lipinski definition) is 5. The fourth-order valence-electron chi connectivity index (χ4n) is 1.03. The standard InChI is InChI=1S/C6H12O6/c7-2-6(11)5(10)4(9)3(8)1-12-6/h3-5,7-11H,1-2H2/t3-,4-,5+,6?/m1/s1/i4+1. The molecule has 1 heterocycles. The zero-order chi connectivity index (χ0) is 9.35. The fraction of sp³-hybridized carbons (Fsp3) is 1.00. The SMILES string of the molecule is OCC1(O)OC[C@@H](O)[13C@@H](O)[C@@H]1O. The van der Waals surface area contributed by atoms with E-state index in [1.54, 1.807) is 0 Å². The molecule has 0 amide bonds. The van der Waals surface area contributed by atoms with Crippen LogP contribution in [-0.2, 0) is 4.74 Å². The summed E-state index contributed by atoms with van der Waals surface area (Å²) in [5, 5.41) is 45.0. The Labute approximate surface area is 68.6 Å². The van der Waals surface area contributed by atoms with Gasteiger partial charge in [-0.2, -0.15) is 0 Å². The van der Waals surface area contributed by atoms with Gasteiger partial charge in [-0.3, -0.25) is 0 Å². The molecular weight excluding hydrogens is 169 g/mol. The van der Waals surface area contributed by atoms with Crippen molar-refractivity contribution in [1.29, 1.82) is 0 Å². The third-order valence-electron chi connectivity index (χ3n) is 1.91. The van der Waals surface area contributed by atoms with Crippen molar-refractivity contribution in [1.82, 2.24) is 0 Å². The maximum absolute atomic E-state index is 9.24. The highest BCUT2D eigenvalue weighted by molar-refractivity contribution is 4.90. The summed E-state index contributed by atoms with van der Waals surface area (Å²) in [5.41, 5.74) is 0. The molecule has 1 rings (SSSR count). The average Bonchev–Trinajstić information content (AvgIpc) is 2.09. The van der Waals surface area contributed by atoms with Crippen molar-refractivity contribution in [2.75, 3.05) is 13.2 Å². The first-order valence-electron chi connectivity index (χ1n) is 3.52. The molecule has 0 aromatic heterocycles. The first-order valence-corrected chi connectivity index (χ1v) is 3.52. The van der Waals surface area contributed by atoms with Gasteiger partial charge in [0, 0.05) is 0 Å². The Hall–Kier alpha value is -0.240. The molecule has 12 heavy (non-hydrogen) atoms. The van der Waals surface area contributed by atoms with Crippen LogP contribution in [0.25, 0.3) is 0 Å². The van der Waals surface area contributed by atoms with Crippen LogP contribution in [0.1, 0.15) is 0 Å². The zero-order valence-corrected chi connectivity index (χ0v) is 6.29. The lowest BCUT2D eigenvalue weighted by Crippen LogP contribution is -2.62. The topological polar surface area (TPSA) is 110 Å². The summed E-state index contributed by atoms with van der Waals surface area (Å²) in [6.45, 7) is -1.16. The highest BCUT2D eigenvalue weighted by Crippen LogP contribution is 2.22. The first-order chi connectivity index (χ1) is 5.51. The number of aliphatic hydroxyl groups is 5. The normalized spacial score (nSPS) is 49.2. The minimum Gasteiger partial charge on any atom is -0.391 e. The van der Waals surface area contributed by atoms with Crippen molar-refractivity contribution >= 4 is 0 Å². The van der Waals surface area contributed by atoms with Crippen molar-refractivity contribution < 1.29 is 30.3 Å². The summed E-state index contributed by atoms with van der Waals surface area (Å²) < 4.78 is 4.56. The first kappa shape index (κ1) is 9.85. The third kappa shape index (κ3) is 1.45. The van der Waals surface area contributed by atoms with E-state index in [2.05, 4.69) is 4.74 Å². The minimum atomic E-state index is -2.17. The Morgan fingerprint density at radius 3 is 2.42 bits per heavy atom. The highest BCUT2D eigenvalue weighted by Gasteiger charge is 2.47. The maximum Gasteiger partial charge on any atom is 0.218 e. The molecule has 6 nitrogen and oxygen atoms in total. The van der Waals surface area contributed by atoms with E-state index in [1.165, 1.54) is 0 Å². The van der Waals surface area contributed by atoms with Crippen LogP contribution in [0.15, 0.2) is 0 Å². The number of aliphatic hydroxyl groups excluding tert-OH is 4. The van der Waals surface area contributed by atoms with E-state index in [1.807, 2.05) is 0 Å². The molecule has 0 aromatic rings. The summed E-state index contributed by atoms with van der Waals surface area (Å²) >= 11 is 0. The van der Waals surface area contributed by atoms with Crippen molar-refractivity contribution in [2.24, 2.45) is 0 Å². The van der Waals surface area contributed by atoms with Gasteiger partial charge in [-0.05, 0) is 0 Å². The van der Waals surface area contributed by atoms with Gasteiger partial charge >= 0.3 is 0 Å². The molecule has 1 fully saturated rings. The molecule has 0 bridgehead atoms. The Morgan fingerprint density at radius 1 is 1.33 bits per heavy atom. The summed E-state index contributed by atoms with van der Waals surface area (Å²) in [6.07, 6.45) is -4.45. The molecule has 4 atom stereocenters. The Balaban J connectivity index is 2.71. The van der Waals surface area contributed by atoms with Gasteiger partial charge in [0.05, 0.1) is 13.2 Å². The van der Waals surface area contributed by atoms with Crippen LogP contribution in [0.4, 0.5) is 0 Å². The van der Waals surface area contributed by atoms with Gasteiger partial charge < -0.3 is 30.3 Å². The van der Waals surface area contributed by atoms with E-state index in [4.69, 9.17) is 20.4 Å². The molecule has 6 heteroatoms. The summed E-state index contributed by atoms with van der Waals surface area (Å²) in [5.74, 6) is -2.17. The second kappa shape index (κ2) is 3.25. The average molecular weight is 181 g/mol. The highest BCUT2D eigenvalue weighted by atomic mass is 16.7. The van der Waals surface area contributed by atoms with E-state index in [9.17, 15) is 5.11 Å². The Kier molecular flexibility index (Phi) is 2.67. The number of hydrogen-bond acceptors (Lipinski definition) is 6. The van der Waals surface area contributed by atoms with Crippen LogP contribution in [0, 0.1) is 0 Å². The van der Waals surface area contributed by atoms with E-state index >= 15 is 0 Å². The lowest BCUT2D eigenvalue weighted by atomic mass is 10.1. The molecule has 0 radical (unpaired) electrons. The number of rotatable bonds is 1. The van der Waals surface area contributed by atoms with Crippen LogP contribution in [0.2, 0.25) is 0 Å². The smallest absolute Gasteiger partial charge is 0.218 e. The molecule has 5 N–H and O–H groups in total. The van der Waals surface area contributed by atoms with Crippen molar-refractivity contribution in [3.05, 3.63) is 0 Å². The van der Waals surface area contributed by atoms with Crippen LogP contribution in [-0.4, -0.2) is 62.8 Å². The molecule has 1 unspecified atom stereocenters. The van der Waals surface area contributed by atoms with Crippen molar-refractivity contribution in [3.63, 3.8) is 0 Å². The van der Waals surface area contributed by atoms with Gasteiger partial charge in [0.1, 0.15) is 18.3 Å². The molecule has 0 aromatic carbocycles. The predicted molar refractivity (Wildman–Crippen MR) is 36.0 cm³/mol. The predicted octanol–water partition coefficient (Wildman–Crippen LogP) is -3.22. The van der Waals surface area contributed by atoms with Gasteiger partial charge in [0.25, 0.3) is 0 Å². The van der Waals surface area contributed by atoms with E-state index in [0.29, 0.717) is 0 Å². The van der Waals surface area contributed by atoms with Gasteiger partial charge in [-0.15, -0.1) is 0 Å². The molecule has 1 aliphatic rings. The van der Waals surface area contributed by atoms with Gasteiger partial charge in [0.15, 0.2) is 0 Å². The van der Waals surface area contributed by atoms with Crippen LogP contribution in [0.3, 0.4) is 0 Å². The Bertz CT molecular complexity index is 162. The van der Waals surface area contributed by atoms with Crippen molar-refractivity contribution in [3.8, 4) is 0 Å². The summed E-state index contributed by atoms with van der Waals surface area (Å²) in [7, 11) is 0. The zero-order valence-electron chi connectivity index (χ0n) is 6.29. The molecule has 0 saturated carbocycles. The largest absolute Gasteiger partial charge is 0.391 e. The molecular formula is C6H12O6.